The second-order valence-corrected chi connectivity index (χ2v) is 9.71. The molecule has 174 valence electrons. The van der Waals surface area contributed by atoms with Crippen LogP contribution in [0, 0.1) is 5.92 Å². The van der Waals surface area contributed by atoms with E-state index in [1.807, 2.05) is 51.9 Å². The zero-order chi connectivity index (χ0) is 23.2. The van der Waals surface area contributed by atoms with E-state index in [2.05, 4.69) is 29.3 Å². The first-order valence-electron chi connectivity index (χ1n) is 11.2. The molecule has 4 rings (SSSR count). The third-order valence-electron chi connectivity index (χ3n) is 5.97. The van der Waals surface area contributed by atoms with Gasteiger partial charge in [-0.15, -0.1) is 10.2 Å². The van der Waals surface area contributed by atoms with Crippen molar-refractivity contribution < 1.29 is 9.53 Å². The molecule has 33 heavy (non-hydrogen) atoms. The molecule has 1 aromatic heterocycles. The van der Waals surface area contributed by atoms with Gasteiger partial charge in [-0.2, -0.15) is 0 Å². The van der Waals surface area contributed by atoms with Gasteiger partial charge in [0, 0.05) is 30.3 Å². The van der Waals surface area contributed by atoms with Crippen LogP contribution in [0.25, 0.3) is 11.4 Å². The van der Waals surface area contributed by atoms with Crippen LogP contribution >= 0.6 is 23.4 Å². The summed E-state index contributed by atoms with van der Waals surface area (Å²) in [5.41, 5.74) is 2.07. The van der Waals surface area contributed by atoms with Crippen molar-refractivity contribution >= 4 is 29.3 Å². The van der Waals surface area contributed by atoms with Gasteiger partial charge >= 0.3 is 0 Å². The van der Waals surface area contributed by atoms with Crippen molar-refractivity contribution in [3.05, 3.63) is 65.2 Å². The van der Waals surface area contributed by atoms with E-state index in [1.54, 1.807) is 7.11 Å². The Bertz CT molecular complexity index is 1050. The number of methoxy groups -OCH3 is 1. The van der Waals surface area contributed by atoms with Crippen molar-refractivity contribution in [3.63, 3.8) is 0 Å². The summed E-state index contributed by atoms with van der Waals surface area (Å²) in [6, 6.07) is 17.9. The molecule has 2 aromatic carbocycles. The van der Waals surface area contributed by atoms with Crippen LogP contribution in [0.2, 0.25) is 5.02 Å². The summed E-state index contributed by atoms with van der Waals surface area (Å²) in [5, 5.41) is 10.2. The lowest BCUT2D eigenvalue weighted by Crippen LogP contribution is -2.40. The number of hydrogen-bond donors (Lipinski definition) is 0. The van der Waals surface area contributed by atoms with Gasteiger partial charge in [0.25, 0.3) is 0 Å². The summed E-state index contributed by atoms with van der Waals surface area (Å²) in [4.78, 5) is 15.4. The van der Waals surface area contributed by atoms with Crippen molar-refractivity contribution in [2.24, 2.45) is 5.92 Å². The minimum absolute atomic E-state index is 0.123. The van der Waals surface area contributed by atoms with Crippen molar-refractivity contribution in [1.29, 1.82) is 0 Å². The molecule has 0 bridgehead atoms. The van der Waals surface area contributed by atoms with E-state index in [9.17, 15) is 4.79 Å². The van der Waals surface area contributed by atoms with E-state index < -0.39 is 0 Å². The molecule has 1 aliphatic carbocycles. The van der Waals surface area contributed by atoms with Crippen LogP contribution in [0.3, 0.4) is 0 Å². The second kappa shape index (κ2) is 11.2. The maximum Gasteiger partial charge on any atom is 0.233 e. The van der Waals surface area contributed by atoms with E-state index in [-0.39, 0.29) is 11.9 Å². The normalized spacial score (nSPS) is 14.3. The zero-order valence-corrected chi connectivity index (χ0v) is 20.6. The number of benzene rings is 2. The largest absolute Gasteiger partial charge is 0.383 e. The first-order chi connectivity index (χ1) is 16.1. The molecule has 1 heterocycles. The van der Waals surface area contributed by atoms with Crippen LogP contribution in [-0.4, -0.2) is 51.1 Å². The molecule has 1 saturated carbocycles. The molecule has 0 radical (unpaired) electrons. The average molecular weight is 485 g/mol. The molecule has 3 aromatic rings. The molecule has 0 spiro atoms. The van der Waals surface area contributed by atoms with Gasteiger partial charge in [0.05, 0.1) is 18.9 Å². The van der Waals surface area contributed by atoms with Crippen molar-refractivity contribution in [1.82, 2.24) is 19.7 Å². The predicted molar refractivity (Wildman–Crippen MR) is 132 cm³/mol. The lowest BCUT2D eigenvalue weighted by atomic mass is 10.1. The fraction of sp³-hybridized carbons (Fsp3) is 0.400. The maximum atomic E-state index is 13.3. The Labute approximate surface area is 204 Å². The van der Waals surface area contributed by atoms with E-state index in [0.29, 0.717) is 41.5 Å². The van der Waals surface area contributed by atoms with Crippen LogP contribution in [0.15, 0.2) is 59.8 Å². The molecule has 0 N–H and O–H groups in total. The maximum absolute atomic E-state index is 13.3. The second-order valence-electron chi connectivity index (χ2n) is 8.33. The number of ether oxygens (including phenoxy) is 1. The van der Waals surface area contributed by atoms with Gasteiger partial charge in [0.15, 0.2) is 11.0 Å². The topological polar surface area (TPSA) is 60.2 Å². The average Bonchev–Trinajstić information content (AvgIpc) is 3.61. The van der Waals surface area contributed by atoms with Gasteiger partial charge in [0.2, 0.25) is 5.91 Å². The highest BCUT2D eigenvalue weighted by molar-refractivity contribution is 7.99. The highest BCUT2D eigenvalue weighted by Gasteiger charge is 2.34. The molecular weight excluding hydrogens is 456 g/mol. The minimum Gasteiger partial charge on any atom is -0.383 e. The molecule has 0 aliphatic heterocycles. The van der Waals surface area contributed by atoms with Crippen LogP contribution in [0.5, 0.6) is 0 Å². The molecule has 1 amide bonds. The van der Waals surface area contributed by atoms with E-state index >= 15 is 0 Å². The Morgan fingerprint density at radius 3 is 2.58 bits per heavy atom. The molecule has 6 nitrogen and oxygen atoms in total. The molecule has 1 aliphatic rings. The minimum atomic E-state index is 0.123. The Hall–Kier alpha value is -2.35. The van der Waals surface area contributed by atoms with Crippen molar-refractivity contribution in [2.45, 2.75) is 44.1 Å². The van der Waals surface area contributed by atoms with Crippen LogP contribution in [-0.2, 0) is 22.6 Å². The molecular formula is C25H29ClN4O2S. The zero-order valence-electron chi connectivity index (χ0n) is 19.0. The Morgan fingerprint density at radius 2 is 1.91 bits per heavy atom. The number of halogens is 1. The van der Waals surface area contributed by atoms with Crippen LogP contribution in [0.4, 0.5) is 0 Å². The summed E-state index contributed by atoms with van der Waals surface area (Å²) in [5.74, 6) is 1.78. The van der Waals surface area contributed by atoms with Gasteiger partial charge in [-0.3, -0.25) is 9.36 Å². The number of amides is 1. The molecule has 1 fully saturated rings. The lowest BCUT2D eigenvalue weighted by molar-refractivity contribution is -0.131. The molecule has 8 heteroatoms. The number of rotatable bonds is 11. The number of carbonyl (C=O) groups is 1. The van der Waals surface area contributed by atoms with E-state index in [1.165, 1.54) is 24.6 Å². The summed E-state index contributed by atoms with van der Waals surface area (Å²) < 4.78 is 7.30. The lowest BCUT2D eigenvalue weighted by Gasteiger charge is -2.29. The standard InChI is InChI=1S/C25H29ClN4O2S/c1-18(20-8-9-20)30(16-19-6-4-3-5-7-19)23(31)17-33-25-28-27-24(29(25)14-15-32-2)21-10-12-22(26)13-11-21/h3-7,10-13,18,20H,8-9,14-17H2,1-2H3/t18-/m0/s1. The summed E-state index contributed by atoms with van der Waals surface area (Å²) in [6.45, 7) is 3.93. The molecule has 0 unspecified atom stereocenters. The summed E-state index contributed by atoms with van der Waals surface area (Å²) in [7, 11) is 1.67. The Kier molecular flexibility index (Phi) is 8.06. The highest BCUT2D eigenvalue weighted by atomic mass is 35.5. The van der Waals surface area contributed by atoms with Gasteiger partial charge in [-0.05, 0) is 55.5 Å². The number of carbonyl (C=O) groups excluding carboxylic acids is 1. The fourth-order valence-electron chi connectivity index (χ4n) is 3.87. The number of thioether (sulfide) groups is 1. The third-order valence-corrected chi connectivity index (χ3v) is 7.18. The first kappa shape index (κ1) is 23.8. The Morgan fingerprint density at radius 1 is 1.18 bits per heavy atom. The van der Waals surface area contributed by atoms with Crippen LogP contribution < -0.4 is 0 Å². The van der Waals surface area contributed by atoms with Gasteiger partial charge in [-0.25, -0.2) is 0 Å². The van der Waals surface area contributed by atoms with Crippen LogP contribution in [0.1, 0.15) is 25.3 Å². The number of nitrogens with zero attached hydrogens (tertiary/aromatic N) is 4. The van der Waals surface area contributed by atoms with Gasteiger partial charge in [0.1, 0.15) is 0 Å². The summed E-state index contributed by atoms with van der Waals surface area (Å²) >= 11 is 7.47. The third kappa shape index (κ3) is 6.16. The SMILES string of the molecule is COCCn1c(SCC(=O)N(Cc2ccccc2)[C@@H](C)C2CC2)nnc1-c1ccc(Cl)cc1. The van der Waals surface area contributed by atoms with Gasteiger partial charge < -0.3 is 9.64 Å². The smallest absolute Gasteiger partial charge is 0.233 e. The number of aromatic nitrogens is 3. The monoisotopic (exact) mass is 484 g/mol. The first-order valence-corrected chi connectivity index (χ1v) is 12.6. The Balaban J connectivity index is 1.50. The fourth-order valence-corrected chi connectivity index (χ4v) is 4.85. The summed E-state index contributed by atoms with van der Waals surface area (Å²) in [6.07, 6.45) is 2.39. The van der Waals surface area contributed by atoms with Gasteiger partial charge in [-0.1, -0.05) is 53.7 Å². The molecule has 0 saturated heterocycles. The highest BCUT2D eigenvalue weighted by Crippen LogP contribution is 2.36. The predicted octanol–water partition coefficient (Wildman–Crippen LogP) is 5.16. The van der Waals surface area contributed by atoms with Crippen molar-refractivity contribution in [2.75, 3.05) is 19.5 Å². The number of hydrogen-bond acceptors (Lipinski definition) is 5. The van der Waals surface area contributed by atoms with Crippen molar-refractivity contribution in [3.8, 4) is 11.4 Å². The van der Waals surface area contributed by atoms with E-state index in [4.69, 9.17) is 16.3 Å². The van der Waals surface area contributed by atoms with E-state index in [0.717, 1.165) is 17.0 Å². The quantitative estimate of drug-likeness (QED) is 0.351. The molecule has 1 atom stereocenters.